The smallest absolute Gasteiger partial charge is 0.407 e. The van der Waals surface area contributed by atoms with Crippen molar-refractivity contribution in [2.24, 2.45) is 0 Å². The van der Waals surface area contributed by atoms with Crippen molar-refractivity contribution in [2.75, 3.05) is 13.2 Å². The third-order valence-corrected chi connectivity index (χ3v) is 12.8. The van der Waals surface area contributed by atoms with Gasteiger partial charge in [0.1, 0.15) is 27.2 Å². The highest BCUT2D eigenvalue weighted by Crippen LogP contribution is 2.44. The van der Waals surface area contributed by atoms with Crippen LogP contribution in [0.5, 0.6) is 5.75 Å². The zero-order valence-electron chi connectivity index (χ0n) is 28.5. The highest BCUT2D eigenvalue weighted by molar-refractivity contribution is 14.1. The molecular weight excluding hydrogens is 753 g/mol. The van der Waals surface area contributed by atoms with Crippen LogP contribution in [0.1, 0.15) is 48.9 Å². The minimum absolute atomic E-state index is 0.101. The fourth-order valence-corrected chi connectivity index (χ4v) is 9.65. The number of alkyl carbamates (subject to hydrolysis) is 1. The Morgan fingerprint density at radius 3 is 2.02 bits per heavy atom. The van der Waals surface area contributed by atoms with Crippen LogP contribution in [0.3, 0.4) is 0 Å². The quantitative estimate of drug-likeness (QED) is 0.0995. The number of ether oxygens (including phenoxy) is 2. The van der Waals surface area contributed by atoms with Crippen LogP contribution in [0.2, 0.25) is 6.04 Å². The van der Waals surface area contributed by atoms with Crippen LogP contribution in [0.15, 0.2) is 121 Å². The van der Waals surface area contributed by atoms with Crippen molar-refractivity contribution in [2.45, 2.75) is 50.6 Å². The molecule has 1 aliphatic carbocycles. The molecule has 1 unspecified atom stereocenters. The van der Waals surface area contributed by atoms with E-state index in [1.54, 1.807) is 0 Å². The number of carboxylic acid groups (broad SMARTS) is 1. The third-order valence-electron chi connectivity index (χ3n) is 9.20. The van der Waals surface area contributed by atoms with Crippen LogP contribution in [0, 0.1) is 3.57 Å². The van der Waals surface area contributed by atoms with Crippen LogP contribution in [-0.2, 0) is 21.4 Å². The Bertz CT molecular complexity index is 1910. The molecule has 1 aliphatic rings. The lowest BCUT2D eigenvalue weighted by Gasteiger charge is -2.21. The van der Waals surface area contributed by atoms with Gasteiger partial charge < -0.3 is 19.9 Å². The number of carbonyl (C=O) groups is 2. The number of aliphatic carboxylic acids is 1. The Balaban J connectivity index is 1.06. The lowest BCUT2D eigenvalue weighted by atomic mass is 9.87. The van der Waals surface area contributed by atoms with E-state index >= 15 is 0 Å². The monoisotopic (exact) mass is 794 g/mol. The van der Waals surface area contributed by atoms with Crippen LogP contribution in [0.25, 0.3) is 11.1 Å². The number of hydrogen-bond donors (Lipinski definition) is 2. The largest absolute Gasteiger partial charge is 0.493 e. The van der Waals surface area contributed by atoms with Gasteiger partial charge in [0.2, 0.25) is 0 Å². The number of carboxylic acids is 1. The summed E-state index contributed by atoms with van der Waals surface area (Å²) < 4.78 is 12.8. The van der Waals surface area contributed by atoms with E-state index in [0.29, 0.717) is 6.61 Å². The van der Waals surface area contributed by atoms with Crippen LogP contribution < -0.4 is 20.4 Å². The predicted octanol–water partition coefficient (Wildman–Crippen LogP) is 7.81. The summed E-state index contributed by atoms with van der Waals surface area (Å²) >= 11 is 2.23. The van der Waals surface area contributed by atoms with Crippen molar-refractivity contribution in [3.63, 3.8) is 0 Å². The first-order valence-electron chi connectivity index (χ1n) is 16.9. The molecule has 0 aliphatic heterocycles. The molecular formula is C42H41INO5Si. The Morgan fingerprint density at radius 2 is 1.42 bits per heavy atom. The van der Waals surface area contributed by atoms with Gasteiger partial charge in [-0.1, -0.05) is 140 Å². The Hall–Kier alpha value is -4.41. The van der Waals surface area contributed by atoms with E-state index in [4.69, 9.17) is 9.47 Å². The summed E-state index contributed by atoms with van der Waals surface area (Å²) in [6, 6.07) is 41.3. The fraction of sp³-hybridized carbons (Fsp3) is 0.238. The standard InChI is InChI=1S/C42H41INO5Si/c1-42(2,3)29-18-20-31(21-19-29)50(30-11-5-4-6-12-30)24-23-48-39-22-17-28(25-37(39)43)26-38(40(45)46)44-41(47)49-27-36-34-15-9-7-13-32(34)33-14-8-10-16-35(33)36/h4-22,25,36,38H,23-24,26-27H2,1-3H3,(H,44,47)(H,45,46). The summed E-state index contributed by atoms with van der Waals surface area (Å²) in [7, 11) is -1.07. The maximum atomic E-state index is 12.9. The molecule has 5 aromatic rings. The molecule has 5 aromatic carbocycles. The zero-order valence-corrected chi connectivity index (χ0v) is 31.6. The van der Waals surface area contributed by atoms with E-state index in [1.165, 1.54) is 15.9 Å². The lowest BCUT2D eigenvalue weighted by molar-refractivity contribution is -0.139. The van der Waals surface area contributed by atoms with Gasteiger partial charge in [0.25, 0.3) is 0 Å². The molecule has 6 nitrogen and oxygen atoms in total. The fourth-order valence-electron chi connectivity index (χ4n) is 6.54. The normalized spacial score (nSPS) is 13.0. The van der Waals surface area contributed by atoms with Crippen molar-refractivity contribution in [3.05, 3.63) is 147 Å². The molecule has 0 saturated carbocycles. The molecule has 0 aromatic heterocycles. The summed E-state index contributed by atoms with van der Waals surface area (Å²) in [6.07, 6.45) is -0.639. The second-order valence-corrected chi connectivity index (χ2v) is 17.4. The van der Waals surface area contributed by atoms with Gasteiger partial charge in [-0.3, -0.25) is 0 Å². The molecule has 8 heteroatoms. The summed E-state index contributed by atoms with van der Waals surface area (Å²) in [5, 5.41) is 15.2. The number of halogens is 1. The first-order valence-corrected chi connectivity index (χ1v) is 19.6. The van der Waals surface area contributed by atoms with Crippen molar-refractivity contribution < 1.29 is 24.2 Å². The highest BCUT2D eigenvalue weighted by Gasteiger charge is 2.30. The maximum absolute atomic E-state index is 12.9. The molecule has 255 valence electrons. The molecule has 0 heterocycles. The summed E-state index contributed by atoms with van der Waals surface area (Å²) in [4.78, 5) is 25.1. The maximum Gasteiger partial charge on any atom is 0.407 e. The van der Waals surface area contributed by atoms with Gasteiger partial charge in [-0.05, 0) is 79.6 Å². The summed E-state index contributed by atoms with van der Waals surface area (Å²) in [5.41, 5.74) is 6.66. The van der Waals surface area contributed by atoms with Gasteiger partial charge >= 0.3 is 12.1 Å². The third kappa shape index (κ3) is 8.30. The molecule has 50 heavy (non-hydrogen) atoms. The minimum Gasteiger partial charge on any atom is -0.493 e. The van der Waals surface area contributed by atoms with Crippen molar-refractivity contribution in [1.29, 1.82) is 0 Å². The summed E-state index contributed by atoms with van der Waals surface area (Å²) in [5.74, 6) is -0.479. The average molecular weight is 795 g/mol. The lowest BCUT2D eigenvalue weighted by Crippen LogP contribution is -2.43. The van der Waals surface area contributed by atoms with E-state index in [9.17, 15) is 14.7 Å². The van der Waals surface area contributed by atoms with E-state index in [-0.39, 0.29) is 24.4 Å². The number of benzene rings is 5. The van der Waals surface area contributed by atoms with Gasteiger partial charge in [0.05, 0.1) is 10.2 Å². The number of rotatable bonds is 12. The molecule has 1 radical (unpaired) electrons. The van der Waals surface area contributed by atoms with E-state index in [0.717, 1.165) is 43.2 Å². The molecule has 1 amide bonds. The molecule has 0 saturated heterocycles. The number of nitrogens with one attached hydrogen (secondary N) is 1. The van der Waals surface area contributed by atoms with Crippen molar-refractivity contribution in [3.8, 4) is 16.9 Å². The van der Waals surface area contributed by atoms with E-state index < -0.39 is 26.9 Å². The Morgan fingerprint density at radius 1 is 0.820 bits per heavy atom. The van der Waals surface area contributed by atoms with Gasteiger partial charge in [0.15, 0.2) is 0 Å². The number of hydrogen-bond acceptors (Lipinski definition) is 4. The van der Waals surface area contributed by atoms with Gasteiger partial charge in [-0.25, -0.2) is 9.59 Å². The average Bonchev–Trinajstić information content (AvgIpc) is 3.43. The second-order valence-electron chi connectivity index (χ2n) is 13.6. The molecule has 2 N–H and O–H groups in total. The zero-order chi connectivity index (χ0) is 35.3. The first-order chi connectivity index (χ1) is 24.1. The SMILES string of the molecule is CC(C)(C)c1ccc([Si](CCOc2ccc(CC(NC(=O)OCC3c4ccccc4-c4ccccc43)C(=O)O)cc2I)c2ccccc2)cc1. The highest BCUT2D eigenvalue weighted by atomic mass is 127. The minimum atomic E-state index is -1.14. The molecule has 1 atom stereocenters. The summed E-state index contributed by atoms with van der Waals surface area (Å²) in [6.45, 7) is 7.37. The Kier molecular flexibility index (Phi) is 11.1. The number of carbonyl (C=O) groups excluding carboxylic acids is 1. The van der Waals surface area contributed by atoms with Crippen molar-refractivity contribution >= 4 is 53.8 Å². The van der Waals surface area contributed by atoms with E-state index in [2.05, 4.69) is 109 Å². The molecule has 0 spiro atoms. The second kappa shape index (κ2) is 15.6. The number of fused-ring (bicyclic) bond motifs is 3. The van der Waals surface area contributed by atoms with E-state index in [1.807, 2.05) is 60.7 Å². The predicted molar refractivity (Wildman–Crippen MR) is 209 cm³/mol. The number of amides is 1. The molecule has 0 fully saturated rings. The van der Waals surface area contributed by atoms with Gasteiger partial charge in [-0.2, -0.15) is 0 Å². The molecule has 6 rings (SSSR count). The van der Waals surface area contributed by atoms with Gasteiger partial charge in [0, 0.05) is 12.3 Å². The first kappa shape index (κ1) is 35.4. The van der Waals surface area contributed by atoms with Gasteiger partial charge in [-0.15, -0.1) is 0 Å². The Labute approximate surface area is 309 Å². The van der Waals surface area contributed by atoms with Crippen LogP contribution in [-0.4, -0.2) is 45.2 Å². The van der Waals surface area contributed by atoms with Crippen LogP contribution >= 0.6 is 22.6 Å². The topological polar surface area (TPSA) is 84.9 Å². The molecule has 0 bridgehead atoms. The van der Waals surface area contributed by atoms with Crippen molar-refractivity contribution in [1.82, 2.24) is 5.32 Å². The van der Waals surface area contributed by atoms with Crippen LogP contribution in [0.4, 0.5) is 4.79 Å².